The van der Waals surface area contributed by atoms with Crippen molar-refractivity contribution in [3.8, 4) is 0 Å². The van der Waals surface area contributed by atoms with Crippen LogP contribution in [0.4, 0.5) is 4.79 Å². The number of aldehydes is 1. The lowest BCUT2D eigenvalue weighted by Crippen LogP contribution is -2.60. The predicted molar refractivity (Wildman–Crippen MR) is 110 cm³/mol. The van der Waals surface area contributed by atoms with Gasteiger partial charge in [0.2, 0.25) is 17.7 Å². The molecule has 11 heteroatoms. The molecular formula is C19H35N5O6. The molecule has 0 saturated heterocycles. The Hall–Kier alpha value is -2.69. The fourth-order valence-electron chi connectivity index (χ4n) is 2.51. The van der Waals surface area contributed by atoms with E-state index in [1.54, 1.807) is 20.8 Å². The van der Waals surface area contributed by atoms with Gasteiger partial charge in [0.05, 0.1) is 12.6 Å². The zero-order chi connectivity index (χ0) is 23.4. The number of urea groups is 1. The van der Waals surface area contributed by atoms with Crippen molar-refractivity contribution in [2.75, 3.05) is 13.7 Å². The number of amides is 5. The molecule has 0 fully saturated rings. The van der Waals surface area contributed by atoms with Crippen molar-refractivity contribution in [1.82, 2.24) is 26.6 Å². The minimum atomic E-state index is -1.33. The second-order valence-electron chi connectivity index (χ2n) is 7.49. The van der Waals surface area contributed by atoms with E-state index in [2.05, 4.69) is 26.6 Å². The van der Waals surface area contributed by atoms with Crippen LogP contribution in [0.3, 0.4) is 0 Å². The van der Waals surface area contributed by atoms with Crippen molar-refractivity contribution >= 4 is 30.0 Å². The van der Waals surface area contributed by atoms with Crippen molar-refractivity contribution in [1.29, 1.82) is 0 Å². The van der Waals surface area contributed by atoms with Crippen LogP contribution >= 0.6 is 0 Å². The number of carbonyl (C=O) groups is 5. The van der Waals surface area contributed by atoms with Crippen LogP contribution in [-0.4, -0.2) is 73.0 Å². The van der Waals surface area contributed by atoms with Gasteiger partial charge >= 0.3 is 6.03 Å². The van der Waals surface area contributed by atoms with Gasteiger partial charge in [0.25, 0.3) is 0 Å². The molecule has 0 bridgehead atoms. The van der Waals surface area contributed by atoms with E-state index in [9.17, 15) is 29.1 Å². The van der Waals surface area contributed by atoms with Crippen LogP contribution in [0.2, 0.25) is 0 Å². The molecule has 0 heterocycles. The zero-order valence-corrected chi connectivity index (χ0v) is 18.4. The Balaban J connectivity index is 5.31. The summed E-state index contributed by atoms with van der Waals surface area (Å²) in [5.41, 5.74) is 0. The minimum Gasteiger partial charge on any atom is -0.394 e. The summed E-state index contributed by atoms with van der Waals surface area (Å²) in [7, 11) is 1.40. The Morgan fingerprint density at radius 2 is 1.43 bits per heavy atom. The molecule has 2 unspecified atom stereocenters. The molecule has 0 aliphatic heterocycles. The zero-order valence-electron chi connectivity index (χ0n) is 18.4. The molecule has 30 heavy (non-hydrogen) atoms. The van der Waals surface area contributed by atoms with E-state index in [1.165, 1.54) is 14.0 Å². The van der Waals surface area contributed by atoms with Gasteiger partial charge in [-0.25, -0.2) is 4.79 Å². The third-order valence-electron chi connectivity index (χ3n) is 4.65. The van der Waals surface area contributed by atoms with Gasteiger partial charge in [-0.1, -0.05) is 34.1 Å². The highest BCUT2D eigenvalue weighted by molar-refractivity contribution is 5.94. The van der Waals surface area contributed by atoms with E-state index in [0.717, 1.165) is 0 Å². The van der Waals surface area contributed by atoms with Crippen LogP contribution in [-0.2, 0) is 19.2 Å². The second-order valence-corrected chi connectivity index (χ2v) is 7.49. The second kappa shape index (κ2) is 13.5. The summed E-state index contributed by atoms with van der Waals surface area (Å²) in [5, 5.41) is 21.8. The first-order valence-corrected chi connectivity index (χ1v) is 9.97. The average Bonchev–Trinajstić information content (AvgIpc) is 2.72. The van der Waals surface area contributed by atoms with E-state index in [4.69, 9.17) is 0 Å². The molecule has 0 aromatic carbocycles. The summed E-state index contributed by atoms with van der Waals surface area (Å²) in [6.45, 7) is 7.82. The molecule has 6 N–H and O–H groups in total. The van der Waals surface area contributed by atoms with Crippen LogP contribution in [0.25, 0.3) is 0 Å². The molecule has 0 aliphatic carbocycles. The van der Waals surface area contributed by atoms with Gasteiger partial charge in [0.15, 0.2) is 0 Å². The monoisotopic (exact) mass is 429 g/mol. The lowest BCUT2D eigenvalue weighted by Gasteiger charge is -2.28. The molecule has 0 rings (SSSR count). The van der Waals surface area contributed by atoms with Gasteiger partial charge in [-0.15, -0.1) is 0 Å². The van der Waals surface area contributed by atoms with E-state index >= 15 is 0 Å². The van der Waals surface area contributed by atoms with Crippen LogP contribution < -0.4 is 26.6 Å². The summed E-state index contributed by atoms with van der Waals surface area (Å²) in [6.07, 6.45) is 1.13. The van der Waals surface area contributed by atoms with Crippen molar-refractivity contribution in [2.24, 2.45) is 11.8 Å². The van der Waals surface area contributed by atoms with Gasteiger partial charge in [-0.2, -0.15) is 0 Å². The van der Waals surface area contributed by atoms with Crippen molar-refractivity contribution in [2.45, 2.75) is 65.2 Å². The molecule has 11 nitrogen and oxygen atoms in total. The SMILES string of the molecule is CC[C@H](C)[C@H](NC(=O)C(CO)NC(=O)[C@@H](NC(=O)NC)C(C)C)C(=O)NC(C)C=O. The first kappa shape index (κ1) is 27.3. The van der Waals surface area contributed by atoms with E-state index in [0.29, 0.717) is 12.7 Å². The van der Waals surface area contributed by atoms with Gasteiger partial charge in [-0.05, 0) is 18.8 Å². The van der Waals surface area contributed by atoms with Gasteiger partial charge in [-0.3, -0.25) is 14.4 Å². The maximum atomic E-state index is 12.6. The quantitative estimate of drug-likeness (QED) is 0.210. The van der Waals surface area contributed by atoms with Crippen LogP contribution in [0, 0.1) is 11.8 Å². The van der Waals surface area contributed by atoms with Crippen LogP contribution in [0.15, 0.2) is 0 Å². The van der Waals surface area contributed by atoms with E-state index in [1.807, 2.05) is 6.92 Å². The normalized spacial score (nSPS) is 15.7. The van der Waals surface area contributed by atoms with Crippen LogP contribution in [0.1, 0.15) is 41.0 Å². The Kier molecular flexibility index (Phi) is 12.3. The van der Waals surface area contributed by atoms with Crippen molar-refractivity contribution in [3.05, 3.63) is 0 Å². The summed E-state index contributed by atoms with van der Waals surface area (Å²) in [4.78, 5) is 60.0. The molecule has 0 aromatic rings. The summed E-state index contributed by atoms with van der Waals surface area (Å²) < 4.78 is 0. The molecule has 0 radical (unpaired) electrons. The Morgan fingerprint density at radius 1 is 0.867 bits per heavy atom. The fraction of sp³-hybridized carbons (Fsp3) is 0.737. The molecular weight excluding hydrogens is 394 g/mol. The molecule has 0 saturated carbocycles. The summed E-state index contributed by atoms with van der Waals surface area (Å²) in [6, 6.07) is -4.51. The number of hydrogen-bond acceptors (Lipinski definition) is 6. The number of aliphatic hydroxyl groups excluding tert-OH is 1. The fourth-order valence-corrected chi connectivity index (χ4v) is 2.51. The van der Waals surface area contributed by atoms with Gasteiger partial charge in [0.1, 0.15) is 24.4 Å². The lowest BCUT2D eigenvalue weighted by atomic mass is 9.97. The summed E-state index contributed by atoms with van der Waals surface area (Å²) in [5.74, 6) is -2.49. The molecule has 0 spiro atoms. The average molecular weight is 430 g/mol. The number of nitrogens with one attached hydrogen (secondary N) is 5. The molecule has 5 amide bonds. The third kappa shape index (κ3) is 8.76. The number of hydrogen-bond donors (Lipinski definition) is 6. The first-order chi connectivity index (χ1) is 14.0. The lowest BCUT2D eigenvalue weighted by molar-refractivity contribution is -0.134. The highest BCUT2D eigenvalue weighted by Gasteiger charge is 2.32. The Labute approximate surface area is 177 Å². The molecule has 172 valence electrons. The van der Waals surface area contributed by atoms with Crippen LogP contribution in [0.5, 0.6) is 0 Å². The Bertz CT molecular complexity index is 612. The number of rotatable bonds is 12. The highest BCUT2D eigenvalue weighted by Crippen LogP contribution is 2.09. The Morgan fingerprint density at radius 3 is 1.87 bits per heavy atom. The topological polar surface area (TPSA) is 166 Å². The molecule has 0 aliphatic rings. The maximum absolute atomic E-state index is 12.6. The largest absolute Gasteiger partial charge is 0.394 e. The highest BCUT2D eigenvalue weighted by atomic mass is 16.3. The van der Waals surface area contributed by atoms with Gasteiger partial charge in [0, 0.05) is 7.05 Å². The summed E-state index contributed by atoms with van der Waals surface area (Å²) >= 11 is 0. The third-order valence-corrected chi connectivity index (χ3v) is 4.65. The standard InChI is InChI=1S/C19H35N5O6/c1-7-11(4)15(18(29)21-12(5)8-25)23-16(27)13(9-26)22-17(28)14(10(2)3)24-19(30)20-6/h8,10-15,26H,7,9H2,1-6H3,(H,21,29)(H,22,28)(H,23,27)(H2,20,24,30)/t11-,12?,13?,14-,15-/m0/s1. The predicted octanol–water partition coefficient (Wildman–Crippen LogP) is -1.35. The molecule has 5 atom stereocenters. The smallest absolute Gasteiger partial charge is 0.315 e. The maximum Gasteiger partial charge on any atom is 0.315 e. The minimum absolute atomic E-state index is 0.263. The van der Waals surface area contributed by atoms with Gasteiger partial charge < -0.3 is 36.5 Å². The van der Waals surface area contributed by atoms with Crippen molar-refractivity contribution in [3.63, 3.8) is 0 Å². The first-order valence-electron chi connectivity index (χ1n) is 9.97. The van der Waals surface area contributed by atoms with E-state index in [-0.39, 0.29) is 11.8 Å². The number of carbonyl (C=O) groups excluding carboxylic acids is 5. The van der Waals surface area contributed by atoms with E-state index < -0.39 is 54.5 Å². The molecule has 0 aromatic heterocycles. The number of aliphatic hydroxyl groups is 1. The van der Waals surface area contributed by atoms with Crippen molar-refractivity contribution < 1.29 is 29.1 Å².